The number of benzene rings is 1. The minimum absolute atomic E-state index is 0.100. The van der Waals surface area contributed by atoms with E-state index in [1.54, 1.807) is 27.7 Å². The van der Waals surface area contributed by atoms with Crippen LogP contribution in [0.25, 0.3) is 0 Å². The number of hydrogen-bond donors (Lipinski definition) is 1. The Morgan fingerprint density at radius 1 is 1.33 bits per heavy atom. The van der Waals surface area contributed by atoms with E-state index in [0.717, 1.165) is 0 Å². The van der Waals surface area contributed by atoms with Crippen LogP contribution in [0.2, 0.25) is 0 Å². The minimum atomic E-state index is -1.14. The normalized spacial score (nSPS) is 11.0. The molecule has 0 aliphatic carbocycles. The maximum atomic E-state index is 12.5. The average molecular weight is 294 g/mol. The highest BCUT2D eigenvalue weighted by atomic mass is 16.6. The number of carbonyl (C=O) groups excluding carboxylic acids is 1. The van der Waals surface area contributed by atoms with Gasteiger partial charge in [0.2, 0.25) is 0 Å². The van der Waals surface area contributed by atoms with Gasteiger partial charge < -0.3 is 10.0 Å². The molecule has 0 saturated heterocycles. The van der Waals surface area contributed by atoms with Gasteiger partial charge in [-0.2, -0.15) is 0 Å². The Kier molecular flexibility index (Phi) is 4.67. The molecule has 0 saturated carbocycles. The first-order valence-corrected chi connectivity index (χ1v) is 6.33. The van der Waals surface area contributed by atoms with Crippen LogP contribution in [0.3, 0.4) is 0 Å². The lowest BCUT2D eigenvalue weighted by Gasteiger charge is -2.34. The molecule has 7 nitrogen and oxygen atoms in total. The van der Waals surface area contributed by atoms with Crippen molar-refractivity contribution in [2.24, 2.45) is 0 Å². The summed E-state index contributed by atoms with van der Waals surface area (Å²) in [5, 5.41) is 19.9. The zero-order valence-corrected chi connectivity index (χ0v) is 12.4. The summed E-state index contributed by atoms with van der Waals surface area (Å²) in [6.45, 7) is 6.22. The summed E-state index contributed by atoms with van der Waals surface area (Å²) in [4.78, 5) is 34.9. The second kappa shape index (κ2) is 5.90. The standard InChI is InChI=1S/C14H18N2O5/c1-9-5-6-10(7-11(9)16(20)21)13(19)15(8-12(17)18)14(2,3)4/h5-7H,8H2,1-4H3,(H,17,18). The van der Waals surface area contributed by atoms with Crippen molar-refractivity contribution in [3.05, 3.63) is 39.4 Å². The molecule has 0 spiro atoms. The number of hydrogen-bond acceptors (Lipinski definition) is 4. The van der Waals surface area contributed by atoms with E-state index in [-0.39, 0.29) is 11.3 Å². The summed E-state index contributed by atoms with van der Waals surface area (Å²) < 4.78 is 0. The highest BCUT2D eigenvalue weighted by Crippen LogP contribution is 2.23. The van der Waals surface area contributed by atoms with Crippen molar-refractivity contribution in [3.63, 3.8) is 0 Å². The second-order valence-corrected chi connectivity index (χ2v) is 5.71. The number of carboxylic acid groups (broad SMARTS) is 1. The number of aliphatic carboxylic acids is 1. The zero-order chi connectivity index (χ0) is 16.4. The van der Waals surface area contributed by atoms with Gasteiger partial charge in [0.1, 0.15) is 6.54 Å². The van der Waals surface area contributed by atoms with Gasteiger partial charge in [0.05, 0.1) is 4.92 Å². The number of carboxylic acids is 1. The molecule has 1 rings (SSSR count). The summed E-state index contributed by atoms with van der Waals surface area (Å²) in [6.07, 6.45) is 0. The first-order chi connectivity index (χ1) is 9.54. The SMILES string of the molecule is Cc1ccc(C(=O)N(CC(=O)O)C(C)(C)C)cc1[N+](=O)[O-]. The van der Waals surface area contributed by atoms with Gasteiger partial charge >= 0.3 is 5.97 Å². The van der Waals surface area contributed by atoms with E-state index in [9.17, 15) is 19.7 Å². The predicted molar refractivity (Wildman–Crippen MR) is 76.3 cm³/mol. The van der Waals surface area contributed by atoms with Crippen LogP contribution < -0.4 is 0 Å². The van der Waals surface area contributed by atoms with Gasteiger partial charge in [-0.25, -0.2) is 0 Å². The molecule has 1 aromatic rings. The van der Waals surface area contributed by atoms with Gasteiger partial charge in [0.15, 0.2) is 0 Å². The molecule has 114 valence electrons. The molecule has 0 bridgehead atoms. The first-order valence-electron chi connectivity index (χ1n) is 6.33. The Morgan fingerprint density at radius 2 is 1.90 bits per heavy atom. The van der Waals surface area contributed by atoms with Crippen LogP contribution in [-0.2, 0) is 4.79 Å². The van der Waals surface area contributed by atoms with E-state index in [1.807, 2.05) is 0 Å². The van der Waals surface area contributed by atoms with Crippen molar-refractivity contribution < 1.29 is 19.6 Å². The fraction of sp³-hybridized carbons (Fsp3) is 0.429. The molecule has 1 aromatic carbocycles. The Hall–Kier alpha value is -2.44. The molecule has 1 amide bonds. The van der Waals surface area contributed by atoms with Gasteiger partial charge in [-0.1, -0.05) is 6.07 Å². The molecular formula is C14H18N2O5. The third-order valence-corrected chi connectivity index (χ3v) is 3.00. The van der Waals surface area contributed by atoms with Crippen LogP contribution in [0.5, 0.6) is 0 Å². The van der Waals surface area contributed by atoms with Crippen LogP contribution in [-0.4, -0.2) is 38.9 Å². The lowest BCUT2D eigenvalue weighted by Crippen LogP contribution is -2.48. The molecule has 0 unspecified atom stereocenters. The van der Waals surface area contributed by atoms with Crippen LogP contribution >= 0.6 is 0 Å². The maximum absolute atomic E-state index is 12.5. The third-order valence-electron chi connectivity index (χ3n) is 3.00. The van der Waals surface area contributed by atoms with Gasteiger partial charge in [-0.3, -0.25) is 19.7 Å². The fourth-order valence-electron chi connectivity index (χ4n) is 1.84. The molecule has 0 heterocycles. The molecule has 7 heteroatoms. The van der Waals surface area contributed by atoms with E-state index in [2.05, 4.69) is 0 Å². The van der Waals surface area contributed by atoms with Crippen LogP contribution in [0.15, 0.2) is 18.2 Å². The quantitative estimate of drug-likeness (QED) is 0.677. The number of nitro groups is 1. The summed E-state index contributed by atoms with van der Waals surface area (Å²) in [5.41, 5.74) is -0.333. The van der Waals surface area contributed by atoms with Crippen molar-refractivity contribution in [1.82, 2.24) is 4.90 Å². The Balaban J connectivity index is 3.24. The molecule has 0 aromatic heterocycles. The highest BCUT2D eigenvalue weighted by molar-refractivity contribution is 5.97. The van der Waals surface area contributed by atoms with E-state index in [0.29, 0.717) is 5.56 Å². The third kappa shape index (κ3) is 4.01. The molecule has 0 atom stereocenters. The molecule has 0 aliphatic rings. The van der Waals surface area contributed by atoms with Gasteiger partial charge in [-0.05, 0) is 33.8 Å². The molecule has 0 fully saturated rings. The smallest absolute Gasteiger partial charge is 0.323 e. The molecule has 21 heavy (non-hydrogen) atoms. The van der Waals surface area contributed by atoms with Crippen LogP contribution in [0, 0.1) is 17.0 Å². The number of rotatable bonds is 4. The molecule has 0 radical (unpaired) electrons. The number of nitro benzene ring substituents is 1. The van der Waals surface area contributed by atoms with Crippen molar-refractivity contribution in [2.75, 3.05) is 6.54 Å². The fourth-order valence-corrected chi connectivity index (χ4v) is 1.84. The summed E-state index contributed by atoms with van der Waals surface area (Å²) in [7, 11) is 0. The first kappa shape index (κ1) is 16.6. The number of aryl methyl sites for hydroxylation is 1. The average Bonchev–Trinajstić information content (AvgIpc) is 2.33. The topological polar surface area (TPSA) is 101 Å². The second-order valence-electron chi connectivity index (χ2n) is 5.71. The maximum Gasteiger partial charge on any atom is 0.323 e. The monoisotopic (exact) mass is 294 g/mol. The predicted octanol–water partition coefficient (Wildman–Crippen LogP) is 2.23. The number of carbonyl (C=O) groups is 2. The van der Waals surface area contributed by atoms with Crippen LogP contribution in [0.1, 0.15) is 36.7 Å². The highest BCUT2D eigenvalue weighted by Gasteiger charge is 2.30. The molecule has 0 aliphatic heterocycles. The largest absolute Gasteiger partial charge is 0.480 e. The summed E-state index contributed by atoms with van der Waals surface area (Å²) >= 11 is 0. The Morgan fingerprint density at radius 3 is 2.33 bits per heavy atom. The van der Waals surface area contributed by atoms with Crippen molar-refractivity contribution in [2.45, 2.75) is 33.2 Å². The van der Waals surface area contributed by atoms with Crippen LogP contribution in [0.4, 0.5) is 5.69 Å². The minimum Gasteiger partial charge on any atom is -0.480 e. The Labute approximate surface area is 122 Å². The Bertz CT molecular complexity index is 590. The van der Waals surface area contributed by atoms with E-state index in [1.165, 1.54) is 23.1 Å². The van der Waals surface area contributed by atoms with Gasteiger partial charge in [0, 0.05) is 22.7 Å². The van der Waals surface area contributed by atoms with Crippen molar-refractivity contribution in [1.29, 1.82) is 0 Å². The lowest BCUT2D eigenvalue weighted by atomic mass is 10.0. The van der Waals surface area contributed by atoms with Gasteiger partial charge in [0.25, 0.3) is 11.6 Å². The molecule has 1 N–H and O–H groups in total. The number of nitrogens with zero attached hydrogens (tertiary/aromatic N) is 2. The van der Waals surface area contributed by atoms with E-state index in [4.69, 9.17) is 5.11 Å². The summed E-state index contributed by atoms with van der Waals surface area (Å²) in [6, 6.07) is 4.12. The summed E-state index contributed by atoms with van der Waals surface area (Å²) in [5.74, 6) is -1.69. The van der Waals surface area contributed by atoms with Crippen molar-refractivity contribution in [3.8, 4) is 0 Å². The molecular weight excluding hydrogens is 276 g/mol. The number of amides is 1. The van der Waals surface area contributed by atoms with Gasteiger partial charge in [-0.15, -0.1) is 0 Å². The lowest BCUT2D eigenvalue weighted by molar-refractivity contribution is -0.385. The van der Waals surface area contributed by atoms with Crippen molar-refractivity contribution >= 4 is 17.6 Å². The van der Waals surface area contributed by atoms with E-state index < -0.39 is 28.9 Å². The van der Waals surface area contributed by atoms with E-state index >= 15 is 0 Å². The zero-order valence-electron chi connectivity index (χ0n) is 12.4.